The summed E-state index contributed by atoms with van der Waals surface area (Å²) in [6, 6.07) is 13.1. The first-order chi connectivity index (χ1) is 12.0. The summed E-state index contributed by atoms with van der Waals surface area (Å²) in [5, 5.41) is 3.57. The maximum Gasteiger partial charge on any atom is 0.317 e. The Morgan fingerprint density at radius 3 is 2.52 bits per heavy atom. The monoisotopic (exact) mass is 362 g/mol. The average molecular weight is 363 g/mol. The minimum Gasteiger partial charge on any atom is -0.493 e. The maximum absolute atomic E-state index is 12.2. The summed E-state index contributed by atoms with van der Waals surface area (Å²) in [6.07, 6.45) is 0.700. The van der Waals surface area contributed by atoms with Gasteiger partial charge in [0.05, 0.1) is 14.2 Å². The molecule has 25 heavy (non-hydrogen) atoms. The van der Waals surface area contributed by atoms with E-state index in [0.717, 1.165) is 11.1 Å². The van der Waals surface area contributed by atoms with Crippen LogP contribution in [0.1, 0.15) is 11.1 Å². The molecule has 0 saturated heterocycles. The Hall–Kier alpha value is -2.40. The van der Waals surface area contributed by atoms with E-state index in [2.05, 4.69) is 5.32 Å². The number of ether oxygens (including phenoxy) is 2. The number of amides is 2. The van der Waals surface area contributed by atoms with E-state index in [1.54, 1.807) is 26.2 Å². The van der Waals surface area contributed by atoms with E-state index in [0.29, 0.717) is 36.0 Å². The normalized spacial score (nSPS) is 10.2. The summed E-state index contributed by atoms with van der Waals surface area (Å²) in [6.45, 7) is 0.989. The first-order valence-electron chi connectivity index (χ1n) is 7.98. The molecule has 0 spiro atoms. The summed E-state index contributed by atoms with van der Waals surface area (Å²) < 4.78 is 10.5. The fourth-order valence-electron chi connectivity index (χ4n) is 2.44. The fraction of sp³-hybridized carbons (Fsp3) is 0.316. The van der Waals surface area contributed by atoms with E-state index in [4.69, 9.17) is 21.1 Å². The van der Waals surface area contributed by atoms with Crippen LogP contribution in [0.5, 0.6) is 11.5 Å². The third-order valence-electron chi connectivity index (χ3n) is 3.85. The molecule has 2 amide bonds. The molecular weight excluding hydrogens is 340 g/mol. The van der Waals surface area contributed by atoms with E-state index < -0.39 is 0 Å². The highest BCUT2D eigenvalue weighted by atomic mass is 35.5. The molecule has 134 valence electrons. The fourth-order valence-corrected chi connectivity index (χ4v) is 2.63. The van der Waals surface area contributed by atoms with Crippen molar-refractivity contribution in [1.82, 2.24) is 10.2 Å². The van der Waals surface area contributed by atoms with Crippen molar-refractivity contribution in [3.05, 3.63) is 58.6 Å². The number of carbonyl (C=O) groups excluding carboxylic acids is 1. The molecule has 2 aromatic carbocycles. The Morgan fingerprint density at radius 1 is 1.12 bits per heavy atom. The van der Waals surface area contributed by atoms with Crippen molar-refractivity contribution in [3.8, 4) is 11.5 Å². The number of carbonyl (C=O) groups is 1. The summed E-state index contributed by atoms with van der Waals surface area (Å²) in [4.78, 5) is 13.8. The van der Waals surface area contributed by atoms with E-state index in [1.807, 2.05) is 42.5 Å². The van der Waals surface area contributed by atoms with Gasteiger partial charge < -0.3 is 19.7 Å². The highest BCUT2D eigenvalue weighted by Gasteiger charge is 2.10. The molecule has 0 aliphatic heterocycles. The highest BCUT2D eigenvalue weighted by Crippen LogP contribution is 2.27. The minimum atomic E-state index is -0.139. The Labute approximate surface area is 153 Å². The minimum absolute atomic E-state index is 0.139. The summed E-state index contributed by atoms with van der Waals surface area (Å²) >= 11 is 6.13. The highest BCUT2D eigenvalue weighted by molar-refractivity contribution is 6.31. The third kappa shape index (κ3) is 5.29. The lowest BCUT2D eigenvalue weighted by Crippen LogP contribution is -2.37. The van der Waals surface area contributed by atoms with Gasteiger partial charge in [0.15, 0.2) is 11.5 Å². The lowest BCUT2D eigenvalue weighted by atomic mass is 10.1. The quantitative estimate of drug-likeness (QED) is 0.816. The Bertz CT molecular complexity index is 722. The van der Waals surface area contributed by atoms with Crippen LogP contribution in [0.4, 0.5) is 4.79 Å². The predicted octanol–water partition coefficient (Wildman–Crippen LogP) is 3.74. The summed E-state index contributed by atoms with van der Waals surface area (Å²) in [7, 11) is 4.95. The molecule has 6 heteroatoms. The molecule has 0 aromatic heterocycles. The van der Waals surface area contributed by atoms with Gasteiger partial charge in [0.1, 0.15) is 0 Å². The van der Waals surface area contributed by atoms with E-state index >= 15 is 0 Å². The summed E-state index contributed by atoms with van der Waals surface area (Å²) in [5.41, 5.74) is 1.98. The number of nitrogens with zero attached hydrogens (tertiary/aromatic N) is 1. The predicted molar refractivity (Wildman–Crippen MR) is 99.6 cm³/mol. The zero-order chi connectivity index (χ0) is 18.2. The molecule has 0 atom stereocenters. The molecule has 0 aliphatic rings. The first-order valence-corrected chi connectivity index (χ1v) is 8.36. The molecule has 2 aromatic rings. The van der Waals surface area contributed by atoms with Crippen LogP contribution in [0.3, 0.4) is 0 Å². The van der Waals surface area contributed by atoms with Gasteiger partial charge in [-0.1, -0.05) is 35.9 Å². The zero-order valence-corrected chi connectivity index (χ0v) is 15.5. The van der Waals surface area contributed by atoms with Crippen LogP contribution in [0.2, 0.25) is 5.02 Å². The lowest BCUT2D eigenvalue weighted by Gasteiger charge is -2.19. The van der Waals surface area contributed by atoms with Crippen molar-refractivity contribution >= 4 is 17.6 Å². The van der Waals surface area contributed by atoms with Crippen molar-refractivity contribution in [1.29, 1.82) is 0 Å². The van der Waals surface area contributed by atoms with Crippen LogP contribution >= 0.6 is 11.6 Å². The smallest absolute Gasteiger partial charge is 0.317 e. The first kappa shape index (κ1) is 18.9. The van der Waals surface area contributed by atoms with E-state index in [9.17, 15) is 4.79 Å². The molecule has 1 N–H and O–H groups in total. The van der Waals surface area contributed by atoms with Gasteiger partial charge in [0.25, 0.3) is 0 Å². The number of hydrogen-bond donors (Lipinski definition) is 1. The number of benzene rings is 2. The second-order valence-corrected chi connectivity index (χ2v) is 6.03. The van der Waals surface area contributed by atoms with E-state index in [-0.39, 0.29) is 6.03 Å². The van der Waals surface area contributed by atoms with Crippen molar-refractivity contribution in [2.45, 2.75) is 13.0 Å². The van der Waals surface area contributed by atoms with E-state index in [1.165, 1.54) is 0 Å². The molecule has 0 radical (unpaired) electrons. The van der Waals surface area contributed by atoms with Crippen molar-refractivity contribution in [2.24, 2.45) is 0 Å². The lowest BCUT2D eigenvalue weighted by molar-refractivity contribution is 0.207. The molecule has 0 heterocycles. The second-order valence-electron chi connectivity index (χ2n) is 5.62. The van der Waals surface area contributed by atoms with Crippen molar-refractivity contribution < 1.29 is 14.3 Å². The molecule has 2 rings (SSSR count). The molecule has 0 fully saturated rings. The van der Waals surface area contributed by atoms with Gasteiger partial charge in [-0.25, -0.2) is 4.79 Å². The van der Waals surface area contributed by atoms with Gasteiger partial charge in [-0.15, -0.1) is 0 Å². The number of urea groups is 1. The van der Waals surface area contributed by atoms with Crippen LogP contribution in [0.15, 0.2) is 42.5 Å². The number of nitrogens with one attached hydrogen (secondary N) is 1. The number of methoxy groups -OCH3 is 2. The van der Waals surface area contributed by atoms with Crippen molar-refractivity contribution in [3.63, 3.8) is 0 Å². The third-order valence-corrected chi connectivity index (χ3v) is 4.22. The Morgan fingerprint density at radius 2 is 1.84 bits per heavy atom. The molecule has 0 saturated carbocycles. The van der Waals surface area contributed by atoms with Crippen LogP contribution in [0, 0.1) is 0 Å². The average Bonchev–Trinajstić information content (AvgIpc) is 2.63. The van der Waals surface area contributed by atoms with Gasteiger partial charge in [-0.2, -0.15) is 0 Å². The van der Waals surface area contributed by atoms with Crippen LogP contribution < -0.4 is 14.8 Å². The second kappa shape index (κ2) is 9.18. The Kier molecular flexibility index (Phi) is 6.95. The van der Waals surface area contributed by atoms with Gasteiger partial charge in [-0.3, -0.25) is 0 Å². The maximum atomic E-state index is 12.2. The number of halogens is 1. The van der Waals surface area contributed by atoms with Gasteiger partial charge in [0, 0.05) is 25.2 Å². The number of hydrogen-bond acceptors (Lipinski definition) is 3. The zero-order valence-electron chi connectivity index (χ0n) is 14.7. The molecule has 5 nitrogen and oxygen atoms in total. The van der Waals surface area contributed by atoms with Crippen LogP contribution in [-0.2, 0) is 13.0 Å². The number of rotatable bonds is 7. The molecule has 0 unspecified atom stereocenters. The molecule has 0 bridgehead atoms. The topological polar surface area (TPSA) is 50.8 Å². The Balaban J connectivity index is 1.84. The summed E-state index contributed by atoms with van der Waals surface area (Å²) in [5.74, 6) is 1.37. The van der Waals surface area contributed by atoms with Crippen LogP contribution in [-0.4, -0.2) is 38.7 Å². The largest absolute Gasteiger partial charge is 0.493 e. The standard InChI is InChI=1S/C19H23ClN2O3/c1-22(13-15-6-4-5-7-16(15)20)19(23)21-11-10-14-8-9-17(24-2)18(12-14)25-3/h4-9,12H,10-11,13H2,1-3H3,(H,21,23). The van der Waals surface area contributed by atoms with Crippen molar-refractivity contribution in [2.75, 3.05) is 27.8 Å². The van der Waals surface area contributed by atoms with Gasteiger partial charge in [-0.05, 0) is 35.7 Å². The molecular formula is C19H23ClN2O3. The SMILES string of the molecule is COc1ccc(CCNC(=O)N(C)Cc2ccccc2Cl)cc1OC. The van der Waals surface area contributed by atoms with Gasteiger partial charge in [0.2, 0.25) is 0 Å². The van der Waals surface area contributed by atoms with Crippen LogP contribution in [0.25, 0.3) is 0 Å². The molecule has 0 aliphatic carbocycles. The van der Waals surface area contributed by atoms with Gasteiger partial charge >= 0.3 is 6.03 Å².